The zero-order chi connectivity index (χ0) is 46.1. The van der Waals surface area contributed by atoms with E-state index in [9.17, 15) is 8.78 Å². The zero-order valence-electron chi connectivity index (χ0n) is 38.1. The minimum atomic E-state index is -2.40. The Kier molecular flexibility index (Phi) is 30.3. The van der Waals surface area contributed by atoms with Crippen molar-refractivity contribution in [3.8, 4) is 23.8 Å². The Morgan fingerprint density at radius 3 is 1.82 bits per heavy atom. The fourth-order valence-corrected chi connectivity index (χ4v) is 24.7. The molecule has 2 aromatic carbocycles. The number of pyridine rings is 2. The van der Waals surface area contributed by atoms with Crippen LogP contribution in [0.5, 0.6) is 0 Å². The topological polar surface area (TPSA) is 94.1 Å². The number of halogens is 5. The molecule has 0 radical (unpaired) electrons. The molecule has 4 heterocycles. The van der Waals surface area contributed by atoms with E-state index in [-0.39, 0.29) is 35.0 Å². The summed E-state index contributed by atoms with van der Waals surface area (Å²) in [5, 5.41) is 16.5. The predicted octanol–water partition coefficient (Wildman–Crippen LogP) is 16.2. The summed E-state index contributed by atoms with van der Waals surface area (Å²) in [5.74, 6) is -0.368. The summed E-state index contributed by atoms with van der Waals surface area (Å²) in [5.41, 5.74) is 3.42. The quantitative estimate of drug-likeness (QED) is 0.0750. The number of rotatable bonds is 12. The Balaban J connectivity index is 0.000000935. The van der Waals surface area contributed by atoms with Gasteiger partial charge in [-0.2, -0.15) is 5.26 Å². The standard InChI is InChI=1S/C13H9FN2.C13H19N2Si.C6H4FI.3C4H9.C2H3N.CHN.CH3.2ClH.Pd.Sn/c14-12-4-2-1-3-11(12)10-7-9-5-6-15-13(9)16-8-10;1-13(2,3)16(4,5)15-10-8-11-7-6-9-14-12(11)15;7-5-3-1-2-4-6(5)8;3*1-3-4-2;1-2-3;1-2;;;;;/h1-8H,(H,15,16);7-10H,1-5H3;1-4H;3*1,3-4H2,2H3;1H3;1H;1H3;2*1H;;/q;;;;;;;;-1;;;+2;/p-2. The summed E-state index contributed by atoms with van der Waals surface area (Å²) in [6.45, 7) is 24.1. The summed E-state index contributed by atoms with van der Waals surface area (Å²) >= 11 is -0.560. The first-order valence-electron chi connectivity index (χ1n) is 20.6. The number of aromatic nitrogens is 4. The fraction of sp³-hybridized carbons (Fsp3) is 0.396. The maximum atomic E-state index is 13.6. The van der Waals surface area contributed by atoms with Crippen LogP contribution in [0, 0.1) is 45.8 Å². The van der Waals surface area contributed by atoms with E-state index in [1.165, 1.54) is 81.9 Å². The van der Waals surface area contributed by atoms with Gasteiger partial charge in [0.15, 0.2) is 0 Å². The van der Waals surface area contributed by atoms with Gasteiger partial charge in [0.25, 0.3) is 0 Å². The van der Waals surface area contributed by atoms with Crippen LogP contribution in [-0.4, -0.2) is 45.8 Å². The van der Waals surface area contributed by atoms with Crippen molar-refractivity contribution in [1.82, 2.24) is 19.2 Å². The van der Waals surface area contributed by atoms with Gasteiger partial charge < -0.3 is 12.4 Å². The van der Waals surface area contributed by atoms with Crippen LogP contribution < -0.4 is 3.58 Å². The molecule has 0 unspecified atom stereocenters. The molecule has 0 aliphatic heterocycles. The first kappa shape index (κ1) is 59.6. The van der Waals surface area contributed by atoms with Gasteiger partial charge in [-0.25, -0.2) is 19.0 Å². The molecular formula is C48H66Cl2F2IN6PdSiSn-. The third kappa shape index (κ3) is 18.3. The molecule has 4 aromatic heterocycles. The molecule has 14 heteroatoms. The number of nitrogens with one attached hydrogen (secondary N) is 1. The van der Waals surface area contributed by atoms with Crippen LogP contribution in [0.4, 0.5) is 8.78 Å². The van der Waals surface area contributed by atoms with E-state index in [0.717, 1.165) is 16.6 Å². The van der Waals surface area contributed by atoms with Crippen LogP contribution in [0.15, 0.2) is 97.6 Å². The Hall–Kier alpha value is -2.35. The molecule has 0 bridgehead atoms. The molecule has 6 rings (SSSR count). The molecule has 0 saturated heterocycles. The Morgan fingerprint density at radius 1 is 0.839 bits per heavy atom. The van der Waals surface area contributed by atoms with E-state index in [1.54, 1.807) is 40.1 Å². The van der Waals surface area contributed by atoms with Gasteiger partial charge in [-0.1, -0.05) is 30.3 Å². The minimum absolute atomic E-state index is 0. The first-order valence-corrected chi connectivity index (χ1v) is 36.1. The van der Waals surface area contributed by atoms with Crippen molar-refractivity contribution in [1.29, 1.82) is 10.5 Å². The second-order valence-corrected chi connectivity index (χ2v) is 37.9. The summed E-state index contributed by atoms with van der Waals surface area (Å²) in [6.07, 6.45) is 16.4. The SMILES string of the molecule is C#N.CC#N.CCC[CH2][Sn]([CH2]CCC)([CH2]CCC)[c]1cnc2c(ccn2[Si](C)(C)C(C)(C)C)c1.Fc1ccccc1-c1cnc2[nH]ccc2c1.Fc1ccccc1I.[CH3-].[Cl][Pd][Cl]. The number of nitriles is 2. The van der Waals surface area contributed by atoms with Gasteiger partial charge in [-0.3, -0.25) is 0 Å². The Labute approximate surface area is 406 Å². The fourth-order valence-electron chi connectivity index (χ4n) is 6.70. The van der Waals surface area contributed by atoms with Crippen LogP contribution in [0.2, 0.25) is 31.4 Å². The average Bonchev–Trinajstić information content (AvgIpc) is 3.91. The second-order valence-electron chi connectivity index (χ2n) is 16.0. The van der Waals surface area contributed by atoms with Crippen molar-refractivity contribution in [3.63, 3.8) is 0 Å². The van der Waals surface area contributed by atoms with Crippen molar-refractivity contribution < 1.29 is 24.7 Å². The summed E-state index contributed by atoms with van der Waals surface area (Å²) in [4.78, 5) is 12.4. The van der Waals surface area contributed by atoms with Gasteiger partial charge in [0.2, 0.25) is 0 Å². The Bertz CT molecular complexity index is 2180. The van der Waals surface area contributed by atoms with E-state index < -0.39 is 26.6 Å². The molecule has 342 valence electrons. The number of benzene rings is 2. The number of aromatic amines is 1. The monoisotopic (exact) mass is 1220 g/mol. The number of H-pyrrole nitrogens is 1. The van der Waals surface area contributed by atoms with E-state index in [0.29, 0.717) is 14.2 Å². The number of fused-ring (bicyclic) bond motifs is 2. The van der Waals surface area contributed by atoms with Crippen molar-refractivity contribution in [2.75, 3.05) is 0 Å². The van der Waals surface area contributed by atoms with Gasteiger partial charge in [0, 0.05) is 46.0 Å². The van der Waals surface area contributed by atoms with Gasteiger partial charge in [0.1, 0.15) is 17.3 Å². The van der Waals surface area contributed by atoms with Crippen LogP contribution in [-0.2, 0) is 15.9 Å². The van der Waals surface area contributed by atoms with E-state index in [4.69, 9.17) is 34.6 Å². The first-order chi connectivity index (χ1) is 29.1. The zero-order valence-corrected chi connectivity index (χ0v) is 47.2. The molecule has 62 heavy (non-hydrogen) atoms. The van der Waals surface area contributed by atoms with Crippen molar-refractivity contribution in [3.05, 3.63) is 120 Å². The molecular weight excluding hydrogens is 1150 g/mol. The van der Waals surface area contributed by atoms with Crippen LogP contribution >= 0.6 is 41.6 Å². The van der Waals surface area contributed by atoms with E-state index >= 15 is 0 Å². The van der Waals surface area contributed by atoms with Gasteiger partial charge in [-0.15, -0.1) is 0 Å². The molecule has 0 aliphatic rings. The molecule has 6 aromatic rings. The van der Waals surface area contributed by atoms with E-state index in [2.05, 4.69) is 99.9 Å². The molecule has 1 N–H and O–H groups in total. The molecule has 0 atom stereocenters. The molecule has 0 fully saturated rings. The number of unbranched alkanes of at least 4 members (excludes halogenated alkanes) is 3. The molecule has 0 saturated carbocycles. The van der Waals surface area contributed by atoms with Crippen molar-refractivity contribution >= 4 is 93.9 Å². The maximum absolute atomic E-state index is 13.6. The average molecular weight is 1220 g/mol. The van der Waals surface area contributed by atoms with Gasteiger partial charge in [-0.05, 0) is 52.9 Å². The van der Waals surface area contributed by atoms with E-state index in [1.807, 2.05) is 53.1 Å². The second kappa shape index (κ2) is 31.5. The molecule has 0 amide bonds. The predicted molar refractivity (Wildman–Crippen MR) is 274 cm³/mol. The normalized spacial score (nSPS) is 10.8. The van der Waals surface area contributed by atoms with Crippen LogP contribution in [0.1, 0.15) is 87.0 Å². The summed E-state index contributed by atoms with van der Waals surface area (Å²) in [6, 6.07) is 23.9. The number of hydrogen-bond donors (Lipinski definition) is 1. The van der Waals surface area contributed by atoms with Gasteiger partial charge in [0.05, 0.1) is 6.07 Å². The van der Waals surface area contributed by atoms with Crippen molar-refractivity contribution in [2.45, 2.75) is 118 Å². The van der Waals surface area contributed by atoms with Crippen LogP contribution in [0.3, 0.4) is 0 Å². The number of hydrogen-bond acceptors (Lipinski definition) is 4. The molecule has 0 aliphatic carbocycles. The summed E-state index contributed by atoms with van der Waals surface area (Å²) in [7, 11) is 7.98. The molecule has 6 nitrogen and oxygen atoms in total. The third-order valence-corrected chi connectivity index (χ3v) is 32.6. The summed E-state index contributed by atoms with van der Waals surface area (Å²) < 4.78 is 35.3. The Morgan fingerprint density at radius 2 is 1.35 bits per heavy atom. The van der Waals surface area contributed by atoms with Crippen molar-refractivity contribution in [2.24, 2.45) is 0 Å². The van der Waals surface area contributed by atoms with Gasteiger partial charge >= 0.3 is 221 Å². The molecule has 0 spiro atoms. The number of nitrogens with zero attached hydrogens (tertiary/aromatic N) is 5. The third-order valence-electron chi connectivity index (χ3n) is 11.0. The van der Waals surface area contributed by atoms with Crippen LogP contribution in [0.25, 0.3) is 33.2 Å².